The molecule has 1 aliphatic heterocycles. The van der Waals surface area contributed by atoms with Crippen molar-refractivity contribution in [2.24, 2.45) is 0 Å². The van der Waals surface area contributed by atoms with Crippen LogP contribution in [-0.4, -0.2) is 49.3 Å². The van der Waals surface area contributed by atoms with Gasteiger partial charge >= 0.3 is 0 Å². The third-order valence-electron chi connectivity index (χ3n) is 5.48. The van der Waals surface area contributed by atoms with Crippen LogP contribution in [0.25, 0.3) is 0 Å². The van der Waals surface area contributed by atoms with Gasteiger partial charge in [0.25, 0.3) is 5.91 Å². The Bertz CT molecular complexity index is 556. The van der Waals surface area contributed by atoms with Crippen LogP contribution < -0.4 is 10.1 Å². The molecule has 0 bridgehead atoms. The number of nitrogens with one attached hydrogen (secondary N) is 1. The van der Waals surface area contributed by atoms with Crippen LogP contribution in [0.3, 0.4) is 0 Å². The standard InChI is InChI=1S/C21H32N2O3/c1-2-26-21(12-4-3-5-13-21)20(24)22-18-8-10-19(11-9-18)25-17-16-23-14-6-7-15-23/h8-11H,2-7,12-17H2,1H3,(H,22,24). The van der Waals surface area contributed by atoms with Crippen molar-refractivity contribution in [2.75, 3.05) is 38.2 Å². The van der Waals surface area contributed by atoms with Gasteiger partial charge in [0.1, 0.15) is 18.0 Å². The minimum Gasteiger partial charge on any atom is -0.492 e. The lowest BCUT2D eigenvalue weighted by Gasteiger charge is -2.35. The van der Waals surface area contributed by atoms with Gasteiger partial charge in [0.05, 0.1) is 0 Å². The zero-order valence-electron chi connectivity index (χ0n) is 16.0. The van der Waals surface area contributed by atoms with Crippen molar-refractivity contribution in [1.82, 2.24) is 4.90 Å². The number of rotatable bonds is 8. The first-order valence-electron chi connectivity index (χ1n) is 10.1. The van der Waals surface area contributed by atoms with Gasteiger partial charge < -0.3 is 14.8 Å². The highest BCUT2D eigenvalue weighted by atomic mass is 16.5. The fourth-order valence-corrected chi connectivity index (χ4v) is 4.01. The van der Waals surface area contributed by atoms with Gasteiger partial charge in [0, 0.05) is 18.8 Å². The number of hydrogen-bond acceptors (Lipinski definition) is 4. The lowest BCUT2D eigenvalue weighted by atomic mass is 9.83. The van der Waals surface area contributed by atoms with Crippen LogP contribution in [-0.2, 0) is 9.53 Å². The Hall–Kier alpha value is -1.59. The third kappa shape index (κ3) is 4.98. The molecule has 1 saturated heterocycles. The Morgan fingerprint density at radius 1 is 1.08 bits per heavy atom. The van der Waals surface area contributed by atoms with Crippen molar-refractivity contribution >= 4 is 11.6 Å². The molecule has 0 atom stereocenters. The van der Waals surface area contributed by atoms with E-state index in [9.17, 15) is 4.79 Å². The van der Waals surface area contributed by atoms with Crippen molar-refractivity contribution in [1.29, 1.82) is 0 Å². The number of carbonyl (C=O) groups is 1. The molecule has 1 aliphatic carbocycles. The number of carbonyl (C=O) groups excluding carboxylic acids is 1. The summed E-state index contributed by atoms with van der Waals surface area (Å²) in [6, 6.07) is 7.67. The Morgan fingerprint density at radius 3 is 2.42 bits per heavy atom. The molecule has 2 aliphatic rings. The van der Waals surface area contributed by atoms with E-state index >= 15 is 0 Å². The molecule has 1 aromatic carbocycles. The summed E-state index contributed by atoms with van der Waals surface area (Å²) in [6.07, 6.45) is 7.52. The zero-order chi connectivity index (χ0) is 18.2. The average Bonchev–Trinajstić information content (AvgIpc) is 3.18. The summed E-state index contributed by atoms with van der Waals surface area (Å²) in [7, 11) is 0. The monoisotopic (exact) mass is 360 g/mol. The summed E-state index contributed by atoms with van der Waals surface area (Å²) in [5, 5.41) is 3.04. The zero-order valence-corrected chi connectivity index (χ0v) is 16.0. The fourth-order valence-electron chi connectivity index (χ4n) is 4.01. The van der Waals surface area contributed by atoms with E-state index in [1.807, 2.05) is 31.2 Å². The number of anilines is 1. The van der Waals surface area contributed by atoms with Crippen molar-refractivity contribution in [3.05, 3.63) is 24.3 Å². The van der Waals surface area contributed by atoms with E-state index < -0.39 is 5.60 Å². The molecular weight excluding hydrogens is 328 g/mol. The Kier molecular flexibility index (Phi) is 6.92. The summed E-state index contributed by atoms with van der Waals surface area (Å²) >= 11 is 0. The van der Waals surface area contributed by atoms with Crippen LogP contribution in [0.1, 0.15) is 51.9 Å². The van der Waals surface area contributed by atoms with Crippen LogP contribution >= 0.6 is 0 Å². The van der Waals surface area contributed by atoms with E-state index in [1.165, 1.54) is 32.4 Å². The number of nitrogens with zero attached hydrogens (tertiary/aromatic N) is 1. The molecule has 0 spiro atoms. The second kappa shape index (κ2) is 9.38. The van der Waals surface area contributed by atoms with E-state index in [2.05, 4.69) is 10.2 Å². The lowest BCUT2D eigenvalue weighted by Crippen LogP contribution is -2.47. The van der Waals surface area contributed by atoms with E-state index in [1.54, 1.807) is 0 Å². The number of amides is 1. The molecule has 3 rings (SSSR count). The largest absolute Gasteiger partial charge is 0.492 e. The third-order valence-corrected chi connectivity index (χ3v) is 5.48. The maximum atomic E-state index is 12.8. The first kappa shape index (κ1) is 19.2. The summed E-state index contributed by atoms with van der Waals surface area (Å²) in [5.74, 6) is 0.834. The van der Waals surface area contributed by atoms with E-state index in [0.29, 0.717) is 13.2 Å². The normalized spacial score (nSPS) is 20.0. The second-order valence-corrected chi connectivity index (χ2v) is 7.36. The van der Waals surface area contributed by atoms with Crippen LogP contribution in [0.15, 0.2) is 24.3 Å². The van der Waals surface area contributed by atoms with Gasteiger partial charge in [-0.15, -0.1) is 0 Å². The highest BCUT2D eigenvalue weighted by molar-refractivity contribution is 5.97. The highest BCUT2D eigenvalue weighted by Crippen LogP contribution is 2.33. The van der Waals surface area contributed by atoms with Crippen LogP contribution in [0.5, 0.6) is 5.75 Å². The second-order valence-electron chi connectivity index (χ2n) is 7.36. The fraction of sp³-hybridized carbons (Fsp3) is 0.667. The molecule has 0 aromatic heterocycles. The number of likely N-dealkylation sites (tertiary alicyclic amines) is 1. The van der Waals surface area contributed by atoms with Gasteiger partial charge in [-0.05, 0) is 70.0 Å². The van der Waals surface area contributed by atoms with Crippen LogP contribution in [0, 0.1) is 0 Å². The van der Waals surface area contributed by atoms with Crippen molar-refractivity contribution in [3.8, 4) is 5.75 Å². The number of hydrogen-bond donors (Lipinski definition) is 1. The van der Waals surface area contributed by atoms with Crippen molar-refractivity contribution in [3.63, 3.8) is 0 Å². The molecule has 0 radical (unpaired) electrons. The van der Waals surface area contributed by atoms with Crippen LogP contribution in [0.2, 0.25) is 0 Å². The van der Waals surface area contributed by atoms with Gasteiger partial charge in [-0.1, -0.05) is 19.3 Å². The molecule has 2 fully saturated rings. The highest BCUT2D eigenvalue weighted by Gasteiger charge is 2.40. The molecular formula is C21H32N2O3. The Balaban J connectivity index is 1.50. The molecule has 5 nitrogen and oxygen atoms in total. The molecule has 0 unspecified atom stereocenters. The van der Waals surface area contributed by atoms with Gasteiger partial charge in [-0.25, -0.2) is 0 Å². The molecule has 26 heavy (non-hydrogen) atoms. The summed E-state index contributed by atoms with van der Waals surface area (Å²) in [5.41, 5.74) is 0.143. The summed E-state index contributed by atoms with van der Waals surface area (Å²) < 4.78 is 11.7. The van der Waals surface area contributed by atoms with E-state index in [4.69, 9.17) is 9.47 Å². The average molecular weight is 360 g/mol. The first-order chi connectivity index (χ1) is 12.7. The SMILES string of the molecule is CCOC1(C(=O)Nc2ccc(OCCN3CCCC3)cc2)CCCCC1. The molecule has 5 heteroatoms. The lowest BCUT2D eigenvalue weighted by molar-refractivity contribution is -0.145. The molecule has 1 amide bonds. The van der Waals surface area contributed by atoms with Crippen molar-refractivity contribution in [2.45, 2.75) is 57.5 Å². The van der Waals surface area contributed by atoms with Gasteiger partial charge in [0.2, 0.25) is 0 Å². The quantitative estimate of drug-likeness (QED) is 0.765. The number of ether oxygens (including phenoxy) is 2. The Morgan fingerprint density at radius 2 is 1.77 bits per heavy atom. The van der Waals surface area contributed by atoms with Gasteiger partial charge in [0.15, 0.2) is 0 Å². The minimum absolute atomic E-state index is 0.0123. The van der Waals surface area contributed by atoms with Gasteiger partial charge in [-0.2, -0.15) is 0 Å². The molecule has 1 saturated carbocycles. The summed E-state index contributed by atoms with van der Waals surface area (Å²) in [6.45, 7) is 6.59. The molecule has 1 aromatic rings. The molecule has 144 valence electrons. The topological polar surface area (TPSA) is 50.8 Å². The van der Waals surface area contributed by atoms with Crippen molar-refractivity contribution < 1.29 is 14.3 Å². The maximum Gasteiger partial charge on any atom is 0.256 e. The summed E-state index contributed by atoms with van der Waals surface area (Å²) in [4.78, 5) is 15.2. The predicted octanol–water partition coefficient (Wildman–Crippen LogP) is 3.84. The minimum atomic E-state index is -0.655. The van der Waals surface area contributed by atoms with Gasteiger partial charge in [-0.3, -0.25) is 9.69 Å². The van der Waals surface area contributed by atoms with Crippen LogP contribution in [0.4, 0.5) is 5.69 Å². The maximum absolute atomic E-state index is 12.8. The number of benzene rings is 1. The van der Waals surface area contributed by atoms with E-state index in [-0.39, 0.29) is 5.91 Å². The Labute approximate surface area is 157 Å². The smallest absolute Gasteiger partial charge is 0.256 e. The predicted molar refractivity (Wildman–Crippen MR) is 104 cm³/mol. The van der Waals surface area contributed by atoms with E-state index in [0.717, 1.165) is 43.7 Å². The molecule has 1 heterocycles. The molecule has 1 N–H and O–H groups in total. The first-order valence-corrected chi connectivity index (χ1v) is 10.1.